The first-order valence-corrected chi connectivity index (χ1v) is 6.33. The highest BCUT2D eigenvalue weighted by Gasteiger charge is 2.08. The number of hydrogen-bond acceptors (Lipinski definition) is 3. The van der Waals surface area contributed by atoms with Crippen molar-refractivity contribution in [1.29, 1.82) is 0 Å². The van der Waals surface area contributed by atoms with Crippen LogP contribution in [-0.4, -0.2) is 18.7 Å². The van der Waals surface area contributed by atoms with Gasteiger partial charge in [-0.15, -0.1) is 11.3 Å². The van der Waals surface area contributed by atoms with Crippen LogP contribution in [0.4, 0.5) is 0 Å². The Kier molecular flexibility index (Phi) is 3.88. The lowest BCUT2D eigenvalue weighted by Crippen LogP contribution is -2.23. The topological polar surface area (TPSA) is 46.2 Å². The van der Waals surface area contributed by atoms with E-state index < -0.39 is 0 Å². The van der Waals surface area contributed by atoms with E-state index in [1.807, 2.05) is 30.3 Å². The van der Waals surface area contributed by atoms with Crippen LogP contribution in [0.2, 0.25) is 0 Å². The quantitative estimate of drug-likeness (QED) is 0.652. The van der Waals surface area contributed by atoms with Crippen molar-refractivity contribution < 1.29 is 9.59 Å². The number of hydrogen-bond donors (Lipinski definition) is 1. The first-order chi connectivity index (χ1) is 8.31. The molecule has 0 bridgehead atoms. The maximum Gasteiger partial charge on any atom is 0.261 e. The van der Waals surface area contributed by atoms with Crippen LogP contribution >= 0.6 is 11.3 Å². The van der Waals surface area contributed by atoms with E-state index in [9.17, 15) is 9.59 Å². The Hall–Kier alpha value is -1.68. The predicted octanol–water partition coefficient (Wildman–Crippen LogP) is 2.61. The van der Waals surface area contributed by atoms with Crippen LogP contribution in [0.5, 0.6) is 0 Å². The van der Waals surface area contributed by atoms with E-state index in [2.05, 4.69) is 5.32 Å². The molecule has 0 saturated carbocycles. The number of nitrogens with one attached hydrogen (secondary N) is 1. The van der Waals surface area contributed by atoms with Crippen LogP contribution < -0.4 is 5.32 Å². The van der Waals surface area contributed by atoms with Crippen molar-refractivity contribution >= 4 is 33.6 Å². The average Bonchev–Trinajstić information content (AvgIpc) is 2.78. The summed E-state index contributed by atoms with van der Waals surface area (Å²) in [7, 11) is 0. The molecule has 0 aliphatic rings. The number of thiophene rings is 1. The van der Waals surface area contributed by atoms with Gasteiger partial charge >= 0.3 is 0 Å². The molecule has 1 amide bonds. The third-order valence-corrected chi connectivity index (χ3v) is 3.55. The molecule has 0 unspecified atom stereocenters. The van der Waals surface area contributed by atoms with E-state index in [1.165, 1.54) is 11.3 Å². The van der Waals surface area contributed by atoms with Crippen molar-refractivity contribution in [3.63, 3.8) is 0 Å². The van der Waals surface area contributed by atoms with E-state index in [1.54, 1.807) is 0 Å². The third-order valence-electron chi connectivity index (χ3n) is 2.43. The van der Waals surface area contributed by atoms with Gasteiger partial charge < -0.3 is 10.1 Å². The number of carbonyl (C=O) groups is 2. The molecule has 1 aromatic heterocycles. The Morgan fingerprint density at radius 3 is 2.94 bits per heavy atom. The molecule has 0 radical (unpaired) electrons. The van der Waals surface area contributed by atoms with Crippen LogP contribution in [0.3, 0.4) is 0 Å². The van der Waals surface area contributed by atoms with Gasteiger partial charge in [0.2, 0.25) is 0 Å². The number of aldehydes is 1. The smallest absolute Gasteiger partial charge is 0.261 e. The Morgan fingerprint density at radius 1 is 1.35 bits per heavy atom. The van der Waals surface area contributed by atoms with Gasteiger partial charge in [-0.3, -0.25) is 4.79 Å². The van der Waals surface area contributed by atoms with Gasteiger partial charge in [0.15, 0.2) is 0 Å². The van der Waals surface area contributed by atoms with E-state index in [0.717, 1.165) is 21.2 Å². The number of unbranched alkanes of at least 4 members (excludes halogenated alkanes) is 1. The highest BCUT2D eigenvalue weighted by molar-refractivity contribution is 7.20. The summed E-state index contributed by atoms with van der Waals surface area (Å²) in [6.07, 6.45) is 2.05. The summed E-state index contributed by atoms with van der Waals surface area (Å²) in [5.74, 6) is -0.0582. The Bertz CT molecular complexity index is 500. The molecule has 2 rings (SSSR count). The van der Waals surface area contributed by atoms with E-state index >= 15 is 0 Å². The molecule has 4 heteroatoms. The monoisotopic (exact) mass is 247 g/mol. The minimum absolute atomic E-state index is 0.0582. The zero-order valence-electron chi connectivity index (χ0n) is 9.31. The summed E-state index contributed by atoms with van der Waals surface area (Å²) < 4.78 is 1.12. The first kappa shape index (κ1) is 11.8. The maximum absolute atomic E-state index is 11.8. The summed E-state index contributed by atoms with van der Waals surface area (Å²) >= 11 is 1.49. The highest BCUT2D eigenvalue weighted by atomic mass is 32.1. The number of carbonyl (C=O) groups excluding carboxylic acids is 2. The second-order valence-electron chi connectivity index (χ2n) is 3.71. The van der Waals surface area contributed by atoms with Crippen molar-refractivity contribution in [2.75, 3.05) is 6.54 Å². The number of rotatable bonds is 5. The van der Waals surface area contributed by atoms with Crippen LogP contribution in [0.15, 0.2) is 30.3 Å². The molecular weight excluding hydrogens is 234 g/mol. The number of fused-ring (bicyclic) bond motifs is 1. The molecule has 0 spiro atoms. The van der Waals surface area contributed by atoms with Crippen LogP contribution in [-0.2, 0) is 4.79 Å². The van der Waals surface area contributed by atoms with Gasteiger partial charge in [0, 0.05) is 17.7 Å². The Morgan fingerprint density at radius 2 is 2.18 bits per heavy atom. The average molecular weight is 247 g/mol. The van der Waals surface area contributed by atoms with Crippen molar-refractivity contribution in [2.45, 2.75) is 12.8 Å². The van der Waals surface area contributed by atoms with Gasteiger partial charge in [0.25, 0.3) is 5.91 Å². The fourth-order valence-corrected chi connectivity index (χ4v) is 2.55. The normalized spacial score (nSPS) is 10.4. The van der Waals surface area contributed by atoms with Gasteiger partial charge in [0.05, 0.1) is 4.88 Å². The van der Waals surface area contributed by atoms with Crippen LogP contribution in [0.1, 0.15) is 22.5 Å². The van der Waals surface area contributed by atoms with Crippen molar-refractivity contribution in [1.82, 2.24) is 5.32 Å². The zero-order valence-corrected chi connectivity index (χ0v) is 10.1. The Labute approximate surface area is 103 Å². The molecule has 2 aromatic rings. The van der Waals surface area contributed by atoms with E-state index in [0.29, 0.717) is 19.4 Å². The minimum atomic E-state index is -0.0582. The molecule has 0 aliphatic carbocycles. The highest BCUT2D eigenvalue weighted by Crippen LogP contribution is 2.24. The minimum Gasteiger partial charge on any atom is -0.351 e. The van der Waals surface area contributed by atoms with Crippen LogP contribution in [0, 0.1) is 0 Å². The maximum atomic E-state index is 11.8. The lowest BCUT2D eigenvalue weighted by Gasteiger charge is -2.00. The molecule has 3 nitrogen and oxygen atoms in total. The lowest BCUT2D eigenvalue weighted by molar-refractivity contribution is -0.107. The van der Waals surface area contributed by atoms with E-state index in [-0.39, 0.29) is 5.91 Å². The van der Waals surface area contributed by atoms with Crippen molar-refractivity contribution in [3.8, 4) is 0 Å². The van der Waals surface area contributed by atoms with Gasteiger partial charge in [-0.1, -0.05) is 18.2 Å². The van der Waals surface area contributed by atoms with Gasteiger partial charge in [-0.05, 0) is 23.9 Å². The SMILES string of the molecule is O=CCCCNC(=O)c1cc2ccccc2s1. The summed E-state index contributed by atoms with van der Waals surface area (Å²) in [4.78, 5) is 22.6. The molecule has 88 valence electrons. The molecule has 1 N–H and O–H groups in total. The molecular formula is C13H13NO2S. The molecule has 1 heterocycles. The largest absolute Gasteiger partial charge is 0.351 e. The molecule has 1 aromatic carbocycles. The first-order valence-electron chi connectivity index (χ1n) is 5.51. The number of benzene rings is 1. The third kappa shape index (κ3) is 2.91. The standard InChI is InChI=1S/C13H13NO2S/c15-8-4-3-7-14-13(16)12-9-10-5-1-2-6-11(10)17-12/h1-2,5-6,8-9H,3-4,7H2,(H,14,16). The van der Waals surface area contributed by atoms with Crippen molar-refractivity contribution in [2.24, 2.45) is 0 Å². The summed E-state index contributed by atoms with van der Waals surface area (Å²) in [5.41, 5.74) is 0. The second kappa shape index (κ2) is 5.59. The Balaban J connectivity index is 2.01. The molecule has 17 heavy (non-hydrogen) atoms. The fourth-order valence-electron chi connectivity index (χ4n) is 1.57. The summed E-state index contributed by atoms with van der Waals surface area (Å²) in [6.45, 7) is 0.547. The summed E-state index contributed by atoms with van der Waals surface area (Å²) in [5, 5.41) is 3.90. The summed E-state index contributed by atoms with van der Waals surface area (Å²) in [6, 6.07) is 9.82. The zero-order chi connectivity index (χ0) is 12.1. The molecule has 0 saturated heterocycles. The van der Waals surface area contributed by atoms with Gasteiger partial charge in [0.1, 0.15) is 6.29 Å². The molecule has 0 aliphatic heterocycles. The van der Waals surface area contributed by atoms with Gasteiger partial charge in [-0.25, -0.2) is 0 Å². The molecule has 0 atom stereocenters. The number of amides is 1. The van der Waals surface area contributed by atoms with E-state index in [4.69, 9.17) is 0 Å². The van der Waals surface area contributed by atoms with Gasteiger partial charge in [-0.2, -0.15) is 0 Å². The fraction of sp³-hybridized carbons (Fsp3) is 0.231. The second-order valence-corrected chi connectivity index (χ2v) is 4.80. The lowest BCUT2D eigenvalue weighted by atomic mass is 10.2. The molecule has 0 fully saturated rings. The van der Waals surface area contributed by atoms with Crippen LogP contribution in [0.25, 0.3) is 10.1 Å². The predicted molar refractivity (Wildman–Crippen MR) is 69.5 cm³/mol. The van der Waals surface area contributed by atoms with Crippen molar-refractivity contribution in [3.05, 3.63) is 35.2 Å².